The quantitative estimate of drug-likeness (QED) is 0.297. The smallest absolute Gasteiger partial charge is 0.134 e. The molecule has 0 amide bonds. The lowest BCUT2D eigenvalue weighted by molar-refractivity contribution is 0.217. The number of thiophene rings is 2. The molecule has 2 fully saturated rings. The van der Waals surface area contributed by atoms with Crippen LogP contribution >= 0.6 is 22.7 Å². The van der Waals surface area contributed by atoms with E-state index in [1.165, 1.54) is 87.3 Å². The van der Waals surface area contributed by atoms with Gasteiger partial charge >= 0.3 is 0 Å². The average molecular weight is 477 g/mol. The molecule has 2 aliphatic heterocycles. The van der Waals surface area contributed by atoms with Gasteiger partial charge in [-0.3, -0.25) is 9.80 Å². The van der Waals surface area contributed by atoms with Crippen molar-refractivity contribution < 1.29 is 9.47 Å². The van der Waals surface area contributed by atoms with E-state index in [9.17, 15) is 0 Å². The fourth-order valence-corrected chi connectivity index (χ4v) is 6.42. The largest absolute Gasteiger partial charge is 0.492 e. The molecule has 2 aromatic heterocycles. The Morgan fingerprint density at radius 1 is 0.594 bits per heavy atom. The number of ether oxygens (including phenoxy) is 2. The fraction of sp³-hybridized carbons (Fsp3) is 0.692. The Hall–Kier alpha value is -1.08. The van der Waals surface area contributed by atoms with Gasteiger partial charge in [0.2, 0.25) is 0 Å². The van der Waals surface area contributed by atoms with Crippen molar-refractivity contribution in [2.75, 3.05) is 39.4 Å². The van der Waals surface area contributed by atoms with Crippen molar-refractivity contribution in [2.45, 2.75) is 77.3 Å². The Morgan fingerprint density at radius 2 is 1.03 bits per heavy atom. The van der Waals surface area contributed by atoms with E-state index in [2.05, 4.69) is 32.7 Å². The summed E-state index contributed by atoms with van der Waals surface area (Å²) in [5, 5.41) is 4.35. The maximum atomic E-state index is 6.12. The van der Waals surface area contributed by atoms with Crippen LogP contribution < -0.4 is 9.47 Å². The second-order valence-corrected chi connectivity index (χ2v) is 11.2. The number of hydrogen-bond donors (Lipinski definition) is 0. The molecule has 6 heteroatoms. The number of nitrogens with zero attached hydrogens (tertiary/aromatic N) is 2. The molecule has 0 N–H and O–H groups in total. The second kappa shape index (κ2) is 13.6. The minimum absolute atomic E-state index is 0.828. The number of rotatable bonds is 13. The topological polar surface area (TPSA) is 24.9 Å². The average Bonchev–Trinajstić information content (AvgIpc) is 3.46. The predicted molar refractivity (Wildman–Crippen MR) is 136 cm³/mol. The first-order valence-corrected chi connectivity index (χ1v) is 14.5. The minimum Gasteiger partial charge on any atom is -0.492 e. The van der Waals surface area contributed by atoms with E-state index in [4.69, 9.17) is 9.47 Å². The molecular formula is C26H40N2O2S2. The van der Waals surface area contributed by atoms with Crippen LogP contribution in [0.5, 0.6) is 11.5 Å². The van der Waals surface area contributed by atoms with Gasteiger partial charge in [-0.25, -0.2) is 0 Å². The number of piperidine rings is 2. The normalized spacial score (nSPS) is 18.1. The first-order valence-electron chi connectivity index (χ1n) is 12.7. The van der Waals surface area contributed by atoms with Gasteiger partial charge in [0.05, 0.1) is 23.0 Å². The van der Waals surface area contributed by atoms with E-state index in [1.54, 1.807) is 0 Å². The molecule has 0 bridgehead atoms. The van der Waals surface area contributed by atoms with E-state index in [1.807, 2.05) is 22.7 Å². The van der Waals surface area contributed by atoms with Gasteiger partial charge in [0.25, 0.3) is 0 Å². The highest BCUT2D eigenvalue weighted by atomic mass is 32.1. The highest BCUT2D eigenvalue weighted by molar-refractivity contribution is 7.10. The van der Waals surface area contributed by atoms with Gasteiger partial charge in [-0.2, -0.15) is 0 Å². The molecule has 2 aromatic rings. The molecule has 4 rings (SSSR count). The van der Waals surface area contributed by atoms with Crippen molar-refractivity contribution in [2.24, 2.45) is 0 Å². The summed E-state index contributed by atoms with van der Waals surface area (Å²) < 4.78 is 12.2. The maximum absolute atomic E-state index is 6.12. The fourth-order valence-electron chi connectivity index (χ4n) is 4.71. The molecule has 2 saturated heterocycles. The number of likely N-dealkylation sites (tertiary alicyclic amines) is 2. The third kappa shape index (κ3) is 7.75. The van der Waals surface area contributed by atoms with Crippen LogP contribution in [0.4, 0.5) is 0 Å². The first-order chi connectivity index (χ1) is 15.9. The molecule has 4 heterocycles. The predicted octanol–water partition coefficient (Wildman–Crippen LogP) is 6.80. The van der Waals surface area contributed by atoms with Gasteiger partial charge in [0, 0.05) is 13.1 Å². The van der Waals surface area contributed by atoms with Crippen molar-refractivity contribution in [1.82, 2.24) is 9.80 Å². The van der Waals surface area contributed by atoms with Crippen molar-refractivity contribution >= 4 is 22.7 Å². The molecule has 0 saturated carbocycles. The van der Waals surface area contributed by atoms with Crippen LogP contribution in [0.15, 0.2) is 22.9 Å². The SMILES string of the molecule is c1cc(OCCCCCCOc2ccsc2CN2CCCCC2)c(CN2CCCCC2)s1. The lowest BCUT2D eigenvalue weighted by Gasteiger charge is -2.26. The zero-order chi connectivity index (χ0) is 21.8. The van der Waals surface area contributed by atoms with Crippen molar-refractivity contribution in [3.8, 4) is 11.5 Å². The van der Waals surface area contributed by atoms with Crippen LogP contribution in [0, 0.1) is 0 Å². The molecule has 0 unspecified atom stereocenters. The standard InChI is InChI=1S/C26H40N2O2S2/c1(9-17-29-23-11-19-31-25(23)21-27-13-5-3-6-14-27)2-10-18-30-24-12-20-32-26(24)22-28-15-7-4-8-16-28/h11-12,19-20H,1-10,13-18,21-22H2. The second-order valence-electron chi connectivity index (χ2n) is 9.20. The highest BCUT2D eigenvalue weighted by Crippen LogP contribution is 2.29. The van der Waals surface area contributed by atoms with E-state index < -0.39 is 0 Å². The van der Waals surface area contributed by atoms with Crippen LogP contribution in [0.1, 0.15) is 74.0 Å². The highest BCUT2D eigenvalue weighted by Gasteiger charge is 2.15. The molecule has 0 radical (unpaired) electrons. The zero-order valence-corrected chi connectivity index (χ0v) is 21.2. The van der Waals surface area contributed by atoms with Crippen LogP contribution in [-0.2, 0) is 13.1 Å². The van der Waals surface area contributed by atoms with Crippen molar-refractivity contribution in [1.29, 1.82) is 0 Å². The van der Waals surface area contributed by atoms with Crippen LogP contribution in [0.2, 0.25) is 0 Å². The Bertz CT molecular complexity index is 699. The summed E-state index contributed by atoms with van der Waals surface area (Å²) in [6.07, 6.45) is 12.8. The monoisotopic (exact) mass is 476 g/mol. The molecule has 0 spiro atoms. The summed E-state index contributed by atoms with van der Waals surface area (Å²) in [6.45, 7) is 8.74. The van der Waals surface area contributed by atoms with Crippen molar-refractivity contribution in [3.63, 3.8) is 0 Å². The Kier molecular flexibility index (Phi) is 10.2. The summed E-state index contributed by atoms with van der Waals surface area (Å²) in [5.41, 5.74) is 0. The minimum atomic E-state index is 0.828. The van der Waals surface area contributed by atoms with Crippen LogP contribution in [0.25, 0.3) is 0 Å². The lowest BCUT2D eigenvalue weighted by Crippen LogP contribution is -2.28. The molecular weight excluding hydrogens is 436 g/mol. The maximum Gasteiger partial charge on any atom is 0.134 e. The zero-order valence-electron chi connectivity index (χ0n) is 19.6. The molecule has 0 aromatic carbocycles. The Morgan fingerprint density at radius 3 is 1.47 bits per heavy atom. The molecule has 2 aliphatic rings. The van der Waals surface area contributed by atoms with E-state index in [0.29, 0.717) is 0 Å². The van der Waals surface area contributed by atoms with Crippen LogP contribution in [0.3, 0.4) is 0 Å². The number of unbranched alkanes of at least 4 members (excludes halogenated alkanes) is 3. The Balaban J connectivity index is 1.06. The molecule has 4 nitrogen and oxygen atoms in total. The Labute approximate surface area is 202 Å². The summed E-state index contributed by atoms with van der Waals surface area (Å²) >= 11 is 3.69. The first kappa shape index (κ1) is 24.1. The van der Waals surface area contributed by atoms with E-state index >= 15 is 0 Å². The molecule has 32 heavy (non-hydrogen) atoms. The van der Waals surface area contributed by atoms with Crippen LogP contribution in [-0.4, -0.2) is 49.2 Å². The van der Waals surface area contributed by atoms with Gasteiger partial charge in [-0.15, -0.1) is 22.7 Å². The van der Waals surface area contributed by atoms with Crippen molar-refractivity contribution in [3.05, 3.63) is 32.6 Å². The lowest BCUT2D eigenvalue weighted by atomic mass is 10.1. The van der Waals surface area contributed by atoms with Gasteiger partial charge < -0.3 is 9.47 Å². The van der Waals surface area contributed by atoms with E-state index in [0.717, 1.165) is 50.6 Å². The summed E-state index contributed by atoms with van der Waals surface area (Å²) in [5.74, 6) is 2.23. The third-order valence-corrected chi connectivity index (χ3v) is 8.37. The van der Waals surface area contributed by atoms with Gasteiger partial charge in [-0.05, 0) is 100 Å². The number of hydrogen-bond acceptors (Lipinski definition) is 6. The third-order valence-electron chi connectivity index (χ3n) is 6.59. The summed E-state index contributed by atoms with van der Waals surface area (Å²) in [6, 6.07) is 4.31. The summed E-state index contributed by atoms with van der Waals surface area (Å²) in [7, 11) is 0. The summed E-state index contributed by atoms with van der Waals surface area (Å²) in [4.78, 5) is 7.95. The van der Waals surface area contributed by atoms with Gasteiger partial charge in [0.1, 0.15) is 11.5 Å². The van der Waals surface area contributed by atoms with Gasteiger partial charge in [-0.1, -0.05) is 12.8 Å². The van der Waals surface area contributed by atoms with E-state index in [-0.39, 0.29) is 0 Å². The molecule has 178 valence electrons. The molecule has 0 atom stereocenters. The van der Waals surface area contributed by atoms with Gasteiger partial charge in [0.15, 0.2) is 0 Å². The molecule has 0 aliphatic carbocycles.